The first-order valence-corrected chi connectivity index (χ1v) is 7.23. The Morgan fingerprint density at radius 2 is 1.70 bits per heavy atom. The van der Waals surface area contributed by atoms with Crippen LogP contribution in [0.5, 0.6) is 0 Å². The van der Waals surface area contributed by atoms with Crippen molar-refractivity contribution in [3.8, 4) is 0 Å². The first-order valence-electron chi connectivity index (χ1n) is 7.23. The van der Waals surface area contributed by atoms with Gasteiger partial charge in [0, 0.05) is 24.4 Å². The van der Waals surface area contributed by atoms with Crippen LogP contribution in [0, 0.1) is 0 Å². The zero-order valence-corrected chi connectivity index (χ0v) is 11.9. The highest BCUT2D eigenvalue weighted by molar-refractivity contribution is 5.81. The van der Waals surface area contributed by atoms with E-state index in [2.05, 4.69) is 77.6 Å². The predicted molar refractivity (Wildman–Crippen MR) is 83.6 cm³/mol. The van der Waals surface area contributed by atoms with Gasteiger partial charge in [-0.25, -0.2) is 0 Å². The van der Waals surface area contributed by atoms with Crippen molar-refractivity contribution in [1.82, 2.24) is 4.57 Å². The summed E-state index contributed by atoms with van der Waals surface area (Å²) < 4.78 is 2.30. The first kappa shape index (κ1) is 12.9. The lowest BCUT2D eigenvalue weighted by Gasteiger charge is -2.04. The van der Waals surface area contributed by atoms with Crippen LogP contribution in [-0.2, 0) is 20.0 Å². The summed E-state index contributed by atoms with van der Waals surface area (Å²) >= 11 is 0. The fraction of sp³-hybridized carbons (Fsp3) is 0.222. The number of aryl methyl sites for hydroxylation is 1. The molecule has 0 atom stereocenters. The van der Waals surface area contributed by atoms with Crippen LogP contribution in [-0.4, -0.2) is 11.1 Å². The summed E-state index contributed by atoms with van der Waals surface area (Å²) in [6.45, 7) is 2.17. The Bertz CT molecular complexity index is 683. The monoisotopic (exact) mass is 265 g/mol. The van der Waals surface area contributed by atoms with Crippen molar-refractivity contribution in [1.29, 1.82) is 0 Å². The third kappa shape index (κ3) is 2.75. The normalized spacial score (nSPS) is 11.1. The fourth-order valence-electron chi connectivity index (χ4n) is 2.71. The van der Waals surface area contributed by atoms with Crippen molar-refractivity contribution in [3.63, 3.8) is 0 Å². The molecule has 0 fully saturated rings. The van der Waals surface area contributed by atoms with E-state index in [1.807, 2.05) is 0 Å². The minimum absolute atomic E-state index is 1.04. The van der Waals surface area contributed by atoms with Gasteiger partial charge in [-0.15, -0.1) is 0 Å². The van der Waals surface area contributed by atoms with E-state index in [9.17, 15) is 0 Å². The highest BCUT2D eigenvalue weighted by Gasteiger charge is 2.06. The molecule has 0 bridgehead atoms. The number of nitrogens with two attached hydrogens (primary N) is 1. The molecule has 0 aliphatic heterocycles. The lowest BCUT2D eigenvalue weighted by Crippen LogP contribution is -2.83. The molecule has 3 aromatic rings. The lowest BCUT2D eigenvalue weighted by atomic mass is 10.1. The molecule has 0 radical (unpaired) electrons. The van der Waals surface area contributed by atoms with Crippen molar-refractivity contribution in [3.05, 3.63) is 71.9 Å². The summed E-state index contributed by atoms with van der Waals surface area (Å²) in [5.41, 5.74) is 4.12. The van der Waals surface area contributed by atoms with Crippen LogP contribution in [0.15, 0.2) is 60.7 Å². The minimum atomic E-state index is 1.04. The van der Waals surface area contributed by atoms with Crippen LogP contribution in [0.2, 0.25) is 0 Å². The second-order valence-corrected chi connectivity index (χ2v) is 5.27. The molecule has 0 aliphatic carbocycles. The Morgan fingerprint density at radius 1 is 0.950 bits per heavy atom. The molecule has 3 rings (SSSR count). The zero-order chi connectivity index (χ0) is 13.8. The van der Waals surface area contributed by atoms with Gasteiger partial charge in [-0.1, -0.05) is 48.5 Å². The van der Waals surface area contributed by atoms with Crippen LogP contribution in [0.3, 0.4) is 0 Å². The molecule has 0 unspecified atom stereocenters. The van der Waals surface area contributed by atoms with E-state index in [4.69, 9.17) is 0 Å². The number of hydrogen-bond donors (Lipinski definition) is 1. The van der Waals surface area contributed by atoms with Gasteiger partial charge in [0.1, 0.15) is 6.54 Å². The molecule has 0 amide bonds. The van der Waals surface area contributed by atoms with Crippen molar-refractivity contribution in [2.24, 2.45) is 7.05 Å². The molecule has 1 heterocycles. The SMILES string of the molecule is Cn1c(C[NH2+]CCc2ccccc2)cc2ccccc21. The molecular weight excluding hydrogens is 244 g/mol. The van der Waals surface area contributed by atoms with Crippen LogP contribution in [0.25, 0.3) is 10.9 Å². The maximum atomic E-state index is 2.39. The van der Waals surface area contributed by atoms with E-state index in [0.29, 0.717) is 0 Å². The van der Waals surface area contributed by atoms with E-state index in [1.165, 1.54) is 22.2 Å². The molecule has 0 saturated heterocycles. The fourth-order valence-corrected chi connectivity index (χ4v) is 2.71. The third-order valence-corrected chi connectivity index (χ3v) is 3.88. The molecule has 102 valence electrons. The van der Waals surface area contributed by atoms with Gasteiger partial charge in [0.2, 0.25) is 0 Å². The van der Waals surface area contributed by atoms with Gasteiger partial charge in [-0.3, -0.25) is 0 Å². The Balaban J connectivity index is 1.59. The van der Waals surface area contributed by atoms with Crippen molar-refractivity contribution in [2.75, 3.05) is 6.54 Å². The summed E-state index contributed by atoms with van der Waals surface area (Å²) in [5.74, 6) is 0. The minimum Gasteiger partial charge on any atom is -0.343 e. The van der Waals surface area contributed by atoms with E-state index < -0.39 is 0 Å². The highest BCUT2D eigenvalue weighted by atomic mass is 15.0. The molecule has 2 N–H and O–H groups in total. The molecular formula is C18H21N2+. The zero-order valence-electron chi connectivity index (χ0n) is 11.9. The largest absolute Gasteiger partial charge is 0.343 e. The van der Waals surface area contributed by atoms with Crippen molar-refractivity contribution >= 4 is 10.9 Å². The Hall–Kier alpha value is -2.06. The average Bonchev–Trinajstić information content (AvgIpc) is 2.82. The second-order valence-electron chi connectivity index (χ2n) is 5.27. The van der Waals surface area contributed by atoms with Gasteiger partial charge in [0.25, 0.3) is 0 Å². The second kappa shape index (κ2) is 5.93. The average molecular weight is 265 g/mol. The third-order valence-electron chi connectivity index (χ3n) is 3.88. The summed E-state index contributed by atoms with van der Waals surface area (Å²) in [6.07, 6.45) is 1.13. The number of benzene rings is 2. The summed E-state index contributed by atoms with van der Waals surface area (Å²) in [4.78, 5) is 0. The highest BCUT2D eigenvalue weighted by Crippen LogP contribution is 2.17. The topological polar surface area (TPSA) is 21.5 Å². The Kier molecular flexibility index (Phi) is 3.84. The number of nitrogens with zero attached hydrogens (tertiary/aromatic N) is 1. The smallest absolute Gasteiger partial charge is 0.116 e. The number of aromatic nitrogens is 1. The van der Waals surface area contributed by atoms with Gasteiger partial charge in [0.15, 0.2) is 0 Å². The molecule has 0 spiro atoms. The standard InChI is InChI=1S/C18H20N2/c1-20-17(13-16-9-5-6-10-18(16)20)14-19-12-11-15-7-3-2-4-8-15/h2-10,13,19H,11-12,14H2,1H3/p+1. The van der Waals surface area contributed by atoms with E-state index >= 15 is 0 Å². The molecule has 0 aliphatic rings. The Morgan fingerprint density at radius 3 is 2.50 bits per heavy atom. The Labute approximate surface area is 120 Å². The molecule has 0 saturated carbocycles. The number of rotatable bonds is 5. The van der Waals surface area contributed by atoms with Gasteiger partial charge in [-0.2, -0.15) is 0 Å². The predicted octanol–water partition coefficient (Wildman–Crippen LogP) is 2.48. The summed E-state index contributed by atoms with van der Waals surface area (Å²) in [7, 11) is 2.16. The van der Waals surface area contributed by atoms with Crippen LogP contribution < -0.4 is 5.32 Å². The molecule has 2 nitrogen and oxygen atoms in total. The van der Waals surface area contributed by atoms with Crippen molar-refractivity contribution in [2.45, 2.75) is 13.0 Å². The van der Waals surface area contributed by atoms with E-state index in [0.717, 1.165) is 19.5 Å². The number of para-hydroxylation sites is 1. The molecule has 20 heavy (non-hydrogen) atoms. The van der Waals surface area contributed by atoms with E-state index in [-0.39, 0.29) is 0 Å². The number of quaternary nitrogens is 1. The summed E-state index contributed by atoms with van der Waals surface area (Å²) in [6, 6.07) is 21.6. The van der Waals surface area contributed by atoms with Gasteiger partial charge >= 0.3 is 0 Å². The maximum absolute atomic E-state index is 2.39. The van der Waals surface area contributed by atoms with Gasteiger partial charge in [-0.05, 0) is 17.7 Å². The molecule has 1 aromatic heterocycles. The van der Waals surface area contributed by atoms with Gasteiger partial charge < -0.3 is 9.88 Å². The first-order chi connectivity index (χ1) is 9.84. The van der Waals surface area contributed by atoms with Crippen molar-refractivity contribution < 1.29 is 5.32 Å². The van der Waals surface area contributed by atoms with Crippen LogP contribution in [0.1, 0.15) is 11.3 Å². The molecule has 2 heteroatoms. The van der Waals surface area contributed by atoms with Gasteiger partial charge in [0.05, 0.1) is 12.2 Å². The number of fused-ring (bicyclic) bond motifs is 1. The molecule has 2 aromatic carbocycles. The van der Waals surface area contributed by atoms with Crippen LogP contribution >= 0.6 is 0 Å². The van der Waals surface area contributed by atoms with E-state index in [1.54, 1.807) is 0 Å². The lowest BCUT2D eigenvalue weighted by molar-refractivity contribution is -0.670. The van der Waals surface area contributed by atoms with Crippen LogP contribution in [0.4, 0.5) is 0 Å². The summed E-state index contributed by atoms with van der Waals surface area (Å²) in [5, 5.41) is 3.72. The number of hydrogen-bond acceptors (Lipinski definition) is 0. The quantitative estimate of drug-likeness (QED) is 0.685. The maximum Gasteiger partial charge on any atom is 0.116 e.